The summed E-state index contributed by atoms with van der Waals surface area (Å²) in [7, 11) is 0. The molecule has 64 heavy (non-hydrogen) atoms. The van der Waals surface area contributed by atoms with Crippen molar-refractivity contribution in [3.05, 3.63) is 85.1 Å². The van der Waals surface area contributed by atoms with Crippen LogP contribution in [-0.4, -0.2) is 37.2 Å². The second-order valence-electron chi connectivity index (χ2n) is 17.4. The molecular weight excluding hydrogens is 793 g/mol. The number of carbonyl (C=O) groups excluding carboxylic acids is 3. The summed E-state index contributed by atoms with van der Waals surface area (Å²) in [6.07, 6.45) is 67.1. The molecule has 0 fully saturated rings. The number of unbranched alkanes of at least 4 members (excludes halogenated alkanes) is 22. The molecule has 1 atom stereocenters. The Morgan fingerprint density at radius 3 is 0.969 bits per heavy atom. The maximum atomic E-state index is 12.8. The molecular formula is C58H98O6. The Morgan fingerprint density at radius 1 is 0.328 bits per heavy atom. The maximum absolute atomic E-state index is 12.8. The standard InChI is InChI=1S/C58H98O6/c1-4-7-10-13-16-19-21-23-25-27-28-29-30-31-33-34-36-39-42-45-48-51-57(60)63-54-55(53-62-56(59)50-47-44-41-38-18-15-12-9-6-3)64-58(61)52-49-46-43-40-37-35-32-26-24-22-20-17-14-11-8-5-2/h7,10,16,19-20,22-23,25-26,28-29,31-33,55H,4-6,8-9,11-15,17-18,21,24,27,30,34-54H2,1-3H3/b10-7-,19-16-,22-20-,25-23-,29-28-,32-26-,33-31-. The van der Waals surface area contributed by atoms with E-state index in [2.05, 4.69) is 106 Å². The first kappa shape index (κ1) is 60.6. The molecule has 1 unspecified atom stereocenters. The van der Waals surface area contributed by atoms with Crippen molar-refractivity contribution in [3.63, 3.8) is 0 Å². The van der Waals surface area contributed by atoms with Gasteiger partial charge in [-0.1, -0.05) is 215 Å². The van der Waals surface area contributed by atoms with Crippen LogP contribution in [0.5, 0.6) is 0 Å². The number of ether oxygens (including phenoxy) is 3. The van der Waals surface area contributed by atoms with Crippen LogP contribution in [0.2, 0.25) is 0 Å². The molecule has 0 bridgehead atoms. The van der Waals surface area contributed by atoms with Crippen molar-refractivity contribution in [2.75, 3.05) is 13.2 Å². The average Bonchev–Trinajstić information content (AvgIpc) is 3.29. The van der Waals surface area contributed by atoms with E-state index in [1.54, 1.807) is 0 Å². The topological polar surface area (TPSA) is 78.9 Å². The zero-order valence-electron chi connectivity index (χ0n) is 41.8. The van der Waals surface area contributed by atoms with E-state index in [0.717, 1.165) is 135 Å². The van der Waals surface area contributed by atoms with Gasteiger partial charge in [0.15, 0.2) is 6.10 Å². The molecule has 0 heterocycles. The minimum atomic E-state index is -0.790. The van der Waals surface area contributed by atoms with Crippen LogP contribution in [0, 0.1) is 0 Å². The Hall–Kier alpha value is -3.41. The Morgan fingerprint density at radius 2 is 0.609 bits per heavy atom. The second-order valence-corrected chi connectivity index (χ2v) is 17.4. The van der Waals surface area contributed by atoms with Crippen LogP contribution >= 0.6 is 0 Å². The monoisotopic (exact) mass is 891 g/mol. The quantitative estimate of drug-likeness (QED) is 0.0262. The predicted octanol–water partition coefficient (Wildman–Crippen LogP) is 17.6. The van der Waals surface area contributed by atoms with Crippen LogP contribution in [0.25, 0.3) is 0 Å². The van der Waals surface area contributed by atoms with E-state index in [-0.39, 0.29) is 31.1 Å². The van der Waals surface area contributed by atoms with Gasteiger partial charge in [0.1, 0.15) is 13.2 Å². The fourth-order valence-corrected chi connectivity index (χ4v) is 7.15. The fourth-order valence-electron chi connectivity index (χ4n) is 7.15. The zero-order chi connectivity index (χ0) is 46.5. The van der Waals surface area contributed by atoms with Gasteiger partial charge in [-0.3, -0.25) is 14.4 Å². The van der Waals surface area contributed by atoms with Gasteiger partial charge in [-0.25, -0.2) is 0 Å². The number of allylic oxidation sites excluding steroid dienone is 14. The molecule has 0 aromatic carbocycles. The molecule has 0 aliphatic carbocycles. The third-order valence-electron chi connectivity index (χ3n) is 11.1. The van der Waals surface area contributed by atoms with Crippen molar-refractivity contribution in [3.8, 4) is 0 Å². The Kier molecular flexibility index (Phi) is 49.4. The van der Waals surface area contributed by atoms with Crippen LogP contribution in [0.15, 0.2) is 85.1 Å². The number of hydrogen-bond acceptors (Lipinski definition) is 6. The largest absolute Gasteiger partial charge is 0.462 e. The smallest absolute Gasteiger partial charge is 0.306 e. The first-order valence-corrected chi connectivity index (χ1v) is 26.6. The lowest BCUT2D eigenvalue weighted by atomic mass is 10.1. The van der Waals surface area contributed by atoms with Gasteiger partial charge in [0.2, 0.25) is 0 Å². The summed E-state index contributed by atoms with van der Waals surface area (Å²) < 4.78 is 16.8. The van der Waals surface area contributed by atoms with Gasteiger partial charge in [-0.2, -0.15) is 0 Å². The zero-order valence-corrected chi connectivity index (χ0v) is 41.8. The maximum Gasteiger partial charge on any atom is 0.306 e. The van der Waals surface area contributed by atoms with Gasteiger partial charge in [-0.05, 0) is 96.3 Å². The summed E-state index contributed by atoms with van der Waals surface area (Å²) >= 11 is 0. The molecule has 0 radical (unpaired) electrons. The van der Waals surface area contributed by atoms with Crippen LogP contribution in [0.4, 0.5) is 0 Å². The van der Waals surface area contributed by atoms with E-state index in [9.17, 15) is 14.4 Å². The number of carbonyl (C=O) groups is 3. The molecule has 0 aliphatic rings. The molecule has 366 valence electrons. The highest BCUT2D eigenvalue weighted by Crippen LogP contribution is 2.14. The van der Waals surface area contributed by atoms with Crippen molar-refractivity contribution in [2.45, 2.75) is 252 Å². The molecule has 0 rings (SSSR count). The van der Waals surface area contributed by atoms with Gasteiger partial charge in [0, 0.05) is 19.3 Å². The molecule has 0 aromatic heterocycles. The molecule has 0 aliphatic heterocycles. The minimum Gasteiger partial charge on any atom is -0.462 e. The van der Waals surface area contributed by atoms with E-state index < -0.39 is 6.10 Å². The molecule has 0 saturated heterocycles. The highest BCUT2D eigenvalue weighted by molar-refractivity contribution is 5.71. The summed E-state index contributed by atoms with van der Waals surface area (Å²) in [5, 5.41) is 0. The molecule has 0 N–H and O–H groups in total. The molecule has 0 saturated carbocycles. The summed E-state index contributed by atoms with van der Waals surface area (Å²) in [4.78, 5) is 37.9. The van der Waals surface area contributed by atoms with Crippen molar-refractivity contribution in [2.24, 2.45) is 0 Å². The van der Waals surface area contributed by atoms with E-state index in [1.807, 2.05) is 0 Å². The predicted molar refractivity (Wildman–Crippen MR) is 274 cm³/mol. The second kappa shape index (κ2) is 52.2. The van der Waals surface area contributed by atoms with Gasteiger partial charge in [0.05, 0.1) is 0 Å². The minimum absolute atomic E-state index is 0.0879. The lowest BCUT2D eigenvalue weighted by molar-refractivity contribution is -0.167. The van der Waals surface area contributed by atoms with Crippen LogP contribution in [0.1, 0.15) is 245 Å². The van der Waals surface area contributed by atoms with Gasteiger partial charge < -0.3 is 14.2 Å². The van der Waals surface area contributed by atoms with Crippen LogP contribution in [0.3, 0.4) is 0 Å². The normalized spacial score (nSPS) is 12.7. The van der Waals surface area contributed by atoms with Crippen LogP contribution < -0.4 is 0 Å². The van der Waals surface area contributed by atoms with Gasteiger partial charge in [0.25, 0.3) is 0 Å². The van der Waals surface area contributed by atoms with Crippen molar-refractivity contribution >= 4 is 17.9 Å². The first-order chi connectivity index (χ1) is 31.5. The summed E-state index contributed by atoms with van der Waals surface area (Å²) in [5.41, 5.74) is 0. The Labute approximate surface area is 395 Å². The van der Waals surface area contributed by atoms with Gasteiger partial charge in [-0.15, -0.1) is 0 Å². The summed E-state index contributed by atoms with van der Waals surface area (Å²) in [5.74, 6) is -0.923. The number of hydrogen-bond donors (Lipinski definition) is 0. The van der Waals surface area contributed by atoms with E-state index in [1.165, 1.54) is 70.6 Å². The molecule has 6 heteroatoms. The Balaban J connectivity index is 4.37. The third-order valence-corrected chi connectivity index (χ3v) is 11.1. The highest BCUT2D eigenvalue weighted by Gasteiger charge is 2.19. The summed E-state index contributed by atoms with van der Waals surface area (Å²) in [6.45, 7) is 6.46. The van der Waals surface area contributed by atoms with Gasteiger partial charge >= 0.3 is 17.9 Å². The Bertz CT molecular complexity index is 1250. The van der Waals surface area contributed by atoms with E-state index >= 15 is 0 Å². The third kappa shape index (κ3) is 49.6. The first-order valence-electron chi connectivity index (χ1n) is 26.6. The van der Waals surface area contributed by atoms with Crippen molar-refractivity contribution in [1.29, 1.82) is 0 Å². The number of esters is 3. The van der Waals surface area contributed by atoms with Crippen molar-refractivity contribution < 1.29 is 28.6 Å². The molecule has 0 aromatic rings. The highest BCUT2D eigenvalue weighted by atomic mass is 16.6. The molecule has 0 spiro atoms. The summed E-state index contributed by atoms with van der Waals surface area (Å²) in [6, 6.07) is 0. The average molecular weight is 891 g/mol. The molecule has 0 amide bonds. The fraction of sp³-hybridized carbons (Fsp3) is 0.707. The SMILES string of the molecule is CC/C=C\C/C=C\C/C=C\C/C=C\C/C=C\CCCCCCCC(=O)OCC(COC(=O)CCCCCCCCCCC)OC(=O)CCCCCCC/C=C\C/C=C\CCCCCC. The van der Waals surface area contributed by atoms with Crippen LogP contribution in [-0.2, 0) is 28.6 Å². The van der Waals surface area contributed by atoms with E-state index in [4.69, 9.17) is 14.2 Å². The molecule has 6 nitrogen and oxygen atoms in total. The lowest BCUT2D eigenvalue weighted by Gasteiger charge is -2.18. The van der Waals surface area contributed by atoms with E-state index in [0.29, 0.717) is 19.3 Å². The number of rotatable bonds is 47. The van der Waals surface area contributed by atoms with Crippen molar-refractivity contribution in [1.82, 2.24) is 0 Å². The lowest BCUT2D eigenvalue weighted by Crippen LogP contribution is -2.30.